The van der Waals surface area contributed by atoms with Gasteiger partial charge in [-0.3, -0.25) is 4.79 Å². The van der Waals surface area contributed by atoms with Crippen LogP contribution < -0.4 is 10.2 Å². The van der Waals surface area contributed by atoms with Crippen molar-refractivity contribution in [2.75, 3.05) is 20.7 Å². The van der Waals surface area contributed by atoms with E-state index in [1.54, 1.807) is 19.1 Å². The predicted octanol–water partition coefficient (Wildman–Crippen LogP) is 2.54. The number of hydrogen-bond acceptors (Lipinski definition) is 5. The Kier molecular flexibility index (Phi) is 7.11. The van der Waals surface area contributed by atoms with Crippen molar-refractivity contribution in [3.05, 3.63) is 58.1 Å². The van der Waals surface area contributed by atoms with Gasteiger partial charge in [0.05, 0.1) is 19.9 Å². The van der Waals surface area contributed by atoms with E-state index in [1.165, 1.54) is 26.4 Å². The molecule has 0 radical (unpaired) electrons. The number of amides is 1. The fraction of sp³-hybridized carbons (Fsp3) is 0.222. The smallest absolute Gasteiger partial charge is 0.255 e. The SMILES string of the molecule is COc1ccc(C)cc1S(=O)(=O)N(C)CC(=O)N/N=C\c1cccc(Br)c1. The minimum absolute atomic E-state index is 0.0120. The average molecular weight is 454 g/mol. The van der Waals surface area contributed by atoms with Crippen molar-refractivity contribution in [3.63, 3.8) is 0 Å². The van der Waals surface area contributed by atoms with Gasteiger partial charge >= 0.3 is 0 Å². The van der Waals surface area contributed by atoms with E-state index in [1.807, 2.05) is 24.3 Å². The number of benzene rings is 2. The molecule has 0 fully saturated rings. The summed E-state index contributed by atoms with van der Waals surface area (Å²) in [6.45, 7) is 1.40. The molecule has 27 heavy (non-hydrogen) atoms. The number of aryl methyl sites for hydroxylation is 1. The minimum Gasteiger partial charge on any atom is -0.495 e. The molecule has 0 unspecified atom stereocenters. The molecule has 1 amide bonds. The van der Waals surface area contributed by atoms with Crippen LogP contribution >= 0.6 is 15.9 Å². The Bertz CT molecular complexity index is 961. The summed E-state index contributed by atoms with van der Waals surface area (Å²) in [6.07, 6.45) is 1.47. The lowest BCUT2D eigenvalue weighted by Crippen LogP contribution is -2.36. The van der Waals surface area contributed by atoms with Crippen LogP contribution in [-0.4, -0.2) is 45.5 Å². The number of likely N-dealkylation sites (N-methyl/N-ethyl adjacent to an activating group) is 1. The Labute approximate surface area is 167 Å². The van der Waals surface area contributed by atoms with Gasteiger partial charge in [0, 0.05) is 11.5 Å². The summed E-state index contributed by atoms with van der Waals surface area (Å²) in [4.78, 5) is 12.1. The highest BCUT2D eigenvalue weighted by Crippen LogP contribution is 2.27. The number of nitrogens with zero attached hydrogens (tertiary/aromatic N) is 2. The van der Waals surface area contributed by atoms with Gasteiger partial charge in [-0.1, -0.05) is 34.1 Å². The molecule has 0 heterocycles. The Morgan fingerprint density at radius 1 is 1.30 bits per heavy atom. The predicted molar refractivity (Wildman–Crippen MR) is 107 cm³/mol. The number of carbonyl (C=O) groups excluding carboxylic acids is 1. The third kappa shape index (κ3) is 5.62. The summed E-state index contributed by atoms with van der Waals surface area (Å²) in [5, 5.41) is 3.85. The molecule has 2 rings (SSSR count). The van der Waals surface area contributed by atoms with Gasteiger partial charge in [-0.15, -0.1) is 0 Å². The van der Waals surface area contributed by atoms with E-state index in [2.05, 4.69) is 26.5 Å². The van der Waals surface area contributed by atoms with Crippen molar-refractivity contribution in [1.29, 1.82) is 0 Å². The number of methoxy groups -OCH3 is 1. The van der Waals surface area contributed by atoms with Gasteiger partial charge in [-0.05, 0) is 42.3 Å². The highest BCUT2D eigenvalue weighted by Gasteiger charge is 2.26. The second-order valence-corrected chi connectivity index (χ2v) is 8.69. The maximum absolute atomic E-state index is 12.8. The van der Waals surface area contributed by atoms with Crippen molar-refractivity contribution in [2.24, 2.45) is 5.10 Å². The molecule has 0 spiro atoms. The zero-order chi connectivity index (χ0) is 20.0. The summed E-state index contributed by atoms with van der Waals surface area (Å²) in [6, 6.07) is 12.2. The maximum atomic E-state index is 12.8. The van der Waals surface area contributed by atoms with Crippen LogP contribution in [0.4, 0.5) is 0 Å². The molecule has 2 aromatic carbocycles. The molecule has 144 valence electrons. The van der Waals surface area contributed by atoms with E-state index in [9.17, 15) is 13.2 Å². The van der Waals surface area contributed by atoms with Crippen molar-refractivity contribution in [3.8, 4) is 5.75 Å². The number of hydrazone groups is 1. The van der Waals surface area contributed by atoms with Crippen LogP contribution in [0.2, 0.25) is 0 Å². The molecule has 0 bridgehead atoms. The van der Waals surface area contributed by atoms with Gasteiger partial charge in [0.1, 0.15) is 10.6 Å². The van der Waals surface area contributed by atoms with Gasteiger partial charge < -0.3 is 4.74 Å². The number of halogens is 1. The summed E-state index contributed by atoms with van der Waals surface area (Å²) in [5.74, 6) is -0.334. The zero-order valence-corrected chi connectivity index (χ0v) is 17.5. The monoisotopic (exact) mass is 453 g/mol. The van der Waals surface area contributed by atoms with Gasteiger partial charge in [-0.25, -0.2) is 13.8 Å². The van der Waals surface area contributed by atoms with Gasteiger partial charge in [0.15, 0.2) is 0 Å². The summed E-state index contributed by atoms with van der Waals surface area (Å²) in [5.41, 5.74) is 3.88. The second kappa shape index (κ2) is 9.12. The Hall–Kier alpha value is -2.23. The normalized spacial score (nSPS) is 11.7. The van der Waals surface area contributed by atoms with Crippen LogP contribution in [0.3, 0.4) is 0 Å². The third-order valence-electron chi connectivity index (χ3n) is 3.63. The first-order valence-corrected chi connectivity index (χ1v) is 10.2. The molecule has 0 aliphatic heterocycles. The first kappa shape index (κ1) is 21.1. The lowest BCUT2D eigenvalue weighted by molar-refractivity contribution is -0.121. The number of ether oxygens (including phenoxy) is 1. The first-order chi connectivity index (χ1) is 12.7. The fourth-order valence-corrected chi connectivity index (χ4v) is 4.02. The van der Waals surface area contributed by atoms with Gasteiger partial charge in [0.25, 0.3) is 5.91 Å². The largest absolute Gasteiger partial charge is 0.495 e. The number of carbonyl (C=O) groups is 1. The van der Waals surface area contributed by atoms with E-state index < -0.39 is 15.9 Å². The van der Waals surface area contributed by atoms with E-state index in [0.29, 0.717) is 0 Å². The van der Waals surface area contributed by atoms with Crippen LogP contribution in [0.15, 0.2) is 56.9 Å². The van der Waals surface area contributed by atoms with Crippen molar-refractivity contribution in [1.82, 2.24) is 9.73 Å². The molecular weight excluding hydrogens is 434 g/mol. The Morgan fingerprint density at radius 2 is 2.04 bits per heavy atom. The van der Waals surface area contributed by atoms with E-state index in [-0.39, 0.29) is 17.2 Å². The molecule has 2 aromatic rings. The van der Waals surface area contributed by atoms with Gasteiger partial charge in [-0.2, -0.15) is 9.41 Å². The fourth-order valence-electron chi connectivity index (χ4n) is 2.24. The van der Waals surface area contributed by atoms with E-state index in [4.69, 9.17) is 4.74 Å². The lowest BCUT2D eigenvalue weighted by Gasteiger charge is -2.18. The summed E-state index contributed by atoms with van der Waals surface area (Å²) >= 11 is 3.34. The molecule has 9 heteroatoms. The molecule has 0 aromatic heterocycles. The van der Waals surface area contributed by atoms with Crippen molar-refractivity contribution in [2.45, 2.75) is 11.8 Å². The standard InChI is InChI=1S/C18H20BrN3O4S/c1-13-7-8-16(26-3)17(9-13)27(24,25)22(2)12-18(23)21-20-11-14-5-4-6-15(19)10-14/h4-11H,12H2,1-3H3,(H,21,23)/b20-11-. The number of hydrogen-bond donors (Lipinski definition) is 1. The molecule has 0 aliphatic carbocycles. The molecule has 1 N–H and O–H groups in total. The number of sulfonamides is 1. The van der Waals surface area contributed by atoms with Crippen molar-refractivity contribution >= 4 is 38.1 Å². The minimum atomic E-state index is -3.89. The molecule has 0 atom stereocenters. The highest BCUT2D eigenvalue weighted by molar-refractivity contribution is 9.10. The molecular formula is C18H20BrN3O4S. The number of rotatable bonds is 7. The molecule has 0 saturated heterocycles. The average Bonchev–Trinajstić information content (AvgIpc) is 2.61. The quantitative estimate of drug-likeness (QED) is 0.515. The zero-order valence-electron chi connectivity index (χ0n) is 15.1. The second-order valence-electron chi connectivity index (χ2n) is 5.76. The molecule has 0 aliphatic rings. The van der Waals surface area contributed by atoms with Crippen LogP contribution in [0.25, 0.3) is 0 Å². The molecule has 7 nitrogen and oxygen atoms in total. The van der Waals surface area contributed by atoms with Gasteiger partial charge in [0.2, 0.25) is 10.0 Å². The summed E-state index contributed by atoms with van der Waals surface area (Å²) in [7, 11) is -1.17. The summed E-state index contributed by atoms with van der Waals surface area (Å²) < 4.78 is 32.5. The van der Waals surface area contributed by atoms with E-state index >= 15 is 0 Å². The van der Waals surface area contributed by atoms with Crippen LogP contribution in [-0.2, 0) is 14.8 Å². The maximum Gasteiger partial charge on any atom is 0.255 e. The number of nitrogens with one attached hydrogen (secondary N) is 1. The molecule has 0 saturated carbocycles. The van der Waals surface area contributed by atoms with Crippen LogP contribution in [0.5, 0.6) is 5.75 Å². The van der Waals surface area contributed by atoms with Crippen LogP contribution in [0.1, 0.15) is 11.1 Å². The third-order valence-corrected chi connectivity index (χ3v) is 5.94. The Morgan fingerprint density at radius 3 is 2.70 bits per heavy atom. The lowest BCUT2D eigenvalue weighted by atomic mass is 10.2. The topological polar surface area (TPSA) is 88.1 Å². The van der Waals surface area contributed by atoms with E-state index in [0.717, 1.165) is 19.9 Å². The Balaban J connectivity index is 2.06. The first-order valence-electron chi connectivity index (χ1n) is 7.92. The van der Waals surface area contributed by atoms with Crippen molar-refractivity contribution < 1.29 is 17.9 Å². The highest BCUT2D eigenvalue weighted by atomic mass is 79.9. The van der Waals surface area contributed by atoms with Crippen LogP contribution in [0, 0.1) is 6.92 Å².